The third-order valence-electron chi connectivity index (χ3n) is 3.55. The fourth-order valence-electron chi connectivity index (χ4n) is 2.06. The lowest BCUT2D eigenvalue weighted by molar-refractivity contribution is -0.645. The second kappa shape index (κ2) is 7.31. The first-order valence-corrected chi connectivity index (χ1v) is 8.13. The predicted octanol–water partition coefficient (Wildman–Crippen LogP) is 2.91. The highest BCUT2D eigenvalue weighted by Crippen LogP contribution is 2.17. The molecule has 0 bridgehead atoms. The van der Waals surface area contributed by atoms with E-state index in [0.29, 0.717) is 5.03 Å². The molecule has 0 saturated heterocycles. The van der Waals surface area contributed by atoms with Gasteiger partial charge in [-0.25, -0.2) is 0 Å². The largest absolute Gasteiger partial charge is 0.618 e. The highest BCUT2D eigenvalue weighted by molar-refractivity contribution is 7.99. The number of carbonyl (C=O) groups is 1. The van der Waals surface area contributed by atoms with Crippen molar-refractivity contribution in [3.8, 4) is 0 Å². The lowest BCUT2D eigenvalue weighted by Crippen LogP contribution is -2.31. The second-order valence-electron chi connectivity index (χ2n) is 5.29. The molecule has 1 aromatic heterocycles. The van der Waals surface area contributed by atoms with Crippen LogP contribution in [-0.2, 0) is 4.79 Å². The van der Waals surface area contributed by atoms with Crippen molar-refractivity contribution in [3.05, 3.63) is 64.5 Å². The van der Waals surface area contributed by atoms with Crippen molar-refractivity contribution in [2.75, 3.05) is 5.75 Å². The third-order valence-corrected chi connectivity index (χ3v) is 4.57. The van der Waals surface area contributed by atoms with E-state index in [-0.39, 0.29) is 17.7 Å². The minimum Gasteiger partial charge on any atom is -0.618 e. The molecule has 1 N–H and O–H groups in total. The van der Waals surface area contributed by atoms with Crippen molar-refractivity contribution in [2.45, 2.75) is 31.8 Å². The Bertz CT molecular complexity index is 673. The van der Waals surface area contributed by atoms with Crippen molar-refractivity contribution in [1.29, 1.82) is 0 Å². The normalized spacial score (nSPS) is 12.0. The van der Waals surface area contributed by atoms with Crippen LogP contribution in [0.15, 0.2) is 47.6 Å². The molecule has 0 radical (unpaired) electrons. The Hall–Kier alpha value is -2.01. The van der Waals surface area contributed by atoms with Crippen molar-refractivity contribution < 1.29 is 9.52 Å². The summed E-state index contributed by atoms with van der Waals surface area (Å²) in [5, 5.41) is 15.0. The zero-order valence-electron chi connectivity index (χ0n) is 13.0. The van der Waals surface area contributed by atoms with Gasteiger partial charge in [0, 0.05) is 12.1 Å². The highest BCUT2D eigenvalue weighted by Gasteiger charge is 2.13. The van der Waals surface area contributed by atoms with Crippen LogP contribution in [0, 0.1) is 19.1 Å². The zero-order valence-corrected chi connectivity index (χ0v) is 13.8. The number of hydrogen-bond donors (Lipinski definition) is 1. The molecule has 0 spiro atoms. The van der Waals surface area contributed by atoms with Crippen LogP contribution in [0.25, 0.3) is 0 Å². The molecular formula is C17H20N2O2S. The Morgan fingerprint density at radius 1 is 1.27 bits per heavy atom. The van der Waals surface area contributed by atoms with Gasteiger partial charge in [-0.15, -0.1) is 0 Å². The maximum Gasteiger partial charge on any atom is 0.251 e. The lowest BCUT2D eigenvalue weighted by Gasteiger charge is -2.15. The van der Waals surface area contributed by atoms with Crippen LogP contribution < -0.4 is 10.0 Å². The second-order valence-corrected chi connectivity index (χ2v) is 6.28. The van der Waals surface area contributed by atoms with Crippen LogP contribution in [0.2, 0.25) is 0 Å². The number of thioether (sulfide) groups is 1. The van der Waals surface area contributed by atoms with Crippen molar-refractivity contribution in [2.24, 2.45) is 0 Å². The number of amides is 1. The third kappa shape index (κ3) is 4.24. The summed E-state index contributed by atoms with van der Waals surface area (Å²) in [6.07, 6.45) is 1.43. The monoisotopic (exact) mass is 316 g/mol. The minimum atomic E-state index is -0.0837. The quantitative estimate of drug-likeness (QED) is 0.524. The van der Waals surface area contributed by atoms with Gasteiger partial charge in [-0.3, -0.25) is 4.79 Å². The van der Waals surface area contributed by atoms with E-state index in [1.165, 1.54) is 29.1 Å². The molecule has 2 aromatic rings. The molecule has 0 aliphatic rings. The van der Waals surface area contributed by atoms with E-state index in [2.05, 4.69) is 31.3 Å². The molecule has 0 saturated carbocycles. The number of aromatic nitrogens is 1. The van der Waals surface area contributed by atoms with Crippen LogP contribution in [-0.4, -0.2) is 11.7 Å². The first-order chi connectivity index (χ1) is 10.5. The summed E-state index contributed by atoms with van der Waals surface area (Å²) < 4.78 is 0.769. The first-order valence-electron chi connectivity index (χ1n) is 7.15. The lowest BCUT2D eigenvalue weighted by atomic mass is 10.0. The van der Waals surface area contributed by atoms with E-state index in [0.717, 1.165) is 10.3 Å². The van der Waals surface area contributed by atoms with Gasteiger partial charge in [0.2, 0.25) is 5.91 Å². The van der Waals surface area contributed by atoms with Crippen LogP contribution in [0.5, 0.6) is 0 Å². The van der Waals surface area contributed by atoms with Crippen molar-refractivity contribution in [1.82, 2.24) is 5.32 Å². The van der Waals surface area contributed by atoms with Crippen LogP contribution in [0.3, 0.4) is 0 Å². The summed E-state index contributed by atoms with van der Waals surface area (Å²) in [4.78, 5) is 12.0. The first kappa shape index (κ1) is 16.4. The molecule has 5 heteroatoms. The summed E-state index contributed by atoms with van der Waals surface area (Å²) in [5.41, 5.74) is 3.53. The SMILES string of the molecule is Cc1ccc([C@@H](C)NC(=O)CSc2cccc[n+]2[O-])cc1C. The maximum atomic E-state index is 12.0. The topological polar surface area (TPSA) is 56.0 Å². The Morgan fingerprint density at radius 2 is 2.05 bits per heavy atom. The summed E-state index contributed by atoms with van der Waals surface area (Å²) in [5.74, 6) is 0.140. The number of hydrogen-bond acceptors (Lipinski definition) is 3. The van der Waals surface area contributed by atoms with Gasteiger partial charge in [0.1, 0.15) is 0 Å². The van der Waals surface area contributed by atoms with Crippen LogP contribution in [0.4, 0.5) is 0 Å². The molecule has 0 fully saturated rings. The van der Waals surface area contributed by atoms with Crippen LogP contribution in [0.1, 0.15) is 29.7 Å². The Kier molecular flexibility index (Phi) is 5.44. The van der Waals surface area contributed by atoms with Gasteiger partial charge in [0.15, 0.2) is 6.20 Å². The van der Waals surface area contributed by atoms with Crippen molar-refractivity contribution in [3.63, 3.8) is 0 Å². The molecule has 4 nitrogen and oxygen atoms in total. The Morgan fingerprint density at radius 3 is 2.73 bits per heavy atom. The van der Waals surface area contributed by atoms with E-state index in [1.807, 2.05) is 13.0 Å². The molecule has 1 aromatic carbocycles. The summed E-state index contributed by atoms with van der Waals surface area (Å²) in [6, 6.07) is 11.3. The highest BCUT2D eigenvalue weighted by atomic mass is 32.2. The molecule has 0 unspecified atom stereocenters. The number of pyridine rings is 1. The molecule has 116 valence electrons. The molecule has 1 amide bonds. The average molecular weight is 316 g/mol. The average Bonchev–Trinajstić information content (AvgIpc) is 2.49. The standard InChI is InChI=1S/C17H20N2O2S/c1-12-7-8-15(10-13(12)2)14(3)18-16(20)11-22-17-6-4-5-9-19(17)21/h4-10,14H,11H2,1-3H3,(H,18,20)/t14-/m1/s1. The summed E-state index contributed by atoms with van der Waals surface area (Å²) in [6.45, 7) is 6.09. The molecule has 1 atom stereocenters. The molecule has 0 aliphatic heterocycles. The van der Waals surface area contributed by atoms with Gasteiger partial charge in [-0.05, 0) is 55.3 Å². The zero-order chi connectivity index (χ0) is 16.1. The number of aryl methyl sites for hydroxylation is 2. The Labute approximate surface area is 135 Å². The van der Waals surface area contributed by atoms with Crippen LogP contribution >= 0.6 is 11.8 Å². The summed E-state index contributed by atoms with van der Waals surface area (Å²) in [7, 11) is 0. The fourth-order valence-corrected chi connectivity index (χ4v) is 2.79. The predicted molar refractivity (Wildman–Crippen MR) is 88.6 cm³/mol. The molecular weight excluding hydrogens is 296 g/mol. The smallest absolute Gasteiger partial charge is 0.251 e. The number of nitrogens with one attached hydrogen (secondary N) is 1. The fraction of sp³-hybridized carbons (Fsp3) is 0.294. The van der Waals surface area contributed by atoms with Gasteiger partial charge in [-0.1, -0.05) is 18.2 Å². The molecule has 1 heterocycles. The number of benzene rings is 1. The minimum absolute atomic E-state index is 0.0532. The summed E-state index contributed by atoms with van der Waals surface area (Å²) >= 11 is 1.24. The van der Waals surface area contributed by atoms with E-state index in [4.69, 9.17) is 0 Å². The van der Waals surface area contributed by atoms with Gasteiger partial charge < -0.3 is 10.5 Å². The van der Waals surface area contributed by atoms with E-state index in [9.17, 15) is 10.0 Å². The van der Waals surface area contributed by atoms with E-state index < -0.39 is 0 Å². The van der Waals surface area contributed by atoms with Gasteiger partial charge >= 0.3 is 0 Å². The van der Waals surface area contributed by atoms with Gasteiger partial charge in [-0.2, -0.15) is 4.73 Å². The van der Waals surface area contributed by atoms with E-state index in [1.54, 1.807) is 18.2 Å². The van der Waals surface area contributed by atoms with Gasteiger partial charge in [0.25, 0.3) is 5.03 Å². The number of nitrogens with zero attached hydrogens (tertiary/aromatic N) is 1. The number of carbonyl (C=O) groups excluding carboxylic acids is 1. The number of rotatable bonds is 5. The Balaban J connectivity index is 1.91. The molecule has 22 heavy (non-hydrogen) atoms. The van der Waals surface area contributed by atoms with Crippen molar-refractivity contribution >= 4 is 17.7 Å². The van der Waals surface area contributed by atoms with E-state index >= 15 is 0 Å². The molecule has 0 aliphatic carbocycles. The molecule has 2 rings (SSSR count). The maximum absolute atomic E-state index is 12.0. The van der Waals surface area contributed by atoms with Gasteiger partial charge in [0.05, 0.1) is 11.8 Å².